The molecule has 0 aromatic rings. The van der Waals surface area contributed by atoms with E-state index in [1.807, 2.05) is 13.6 Å². The van der Waals surface area contributed by atoms with E-state index in [0.29, 0.717) is 5.66 Å². The average Bonchev–Trinajstić information content (AvgIpc) is 1.67. The predicted molar refractivity (Wildman–Crippen MR) is 40.7 cm³/mol. The normalized spacial score (nSPS) is 18.8. The first-order chi connectivity index (χ1) is 3.50. The van der Waals surface area contributed by atoms with Gasteiger partial charge in [-0.3, -0.25) is 4.89 Å². The van der Waals surface area contributed by atoms with E-state index in [9.17, 15) is 4.89 Å². The molecule has 0 aromatic heterocycles. The Hall–Kier alpha value is 0.390. The number of hydrogen-bond acceptors (Lipinski definition) is 1. The van der Waals surface area contributed by atoms with Gasteiger partial charge in [-0.1, -0.05) is 0 Å². The molecule has 0 spiro atoms. The summed E-state index contributed by atoms with van der Waals surface area (Å²) in [6.45, 7) is 8.19. The Bertz CT molecular complexity index is 68.9. The standard InChI is InChI=1S/C6H16OP/c1-5-8(4,7)6(2)3/h6-7H,5H2,1-4H3/q+1. The Morgan fingerprint density at radius 2 is 1.88 bits per heavy atom. The lowest BCUT2D eigenvalue weighted by atomic mass is 10.6. The third kappa shape index (κ3) is 2.11. The highest BCUT2D eigenvalue weighted by atomic mass is 31.2. The quantitative estimate of drug-likeness (QED) is 0.574. The summed E-state index contributed by atoms with van der Waals surface area (Å²) in [7, 11) is -1.50. The molecule has 0 saturated carbocycles. The van der Waals surface area contributed by atoms with Crippen LogP contribution in [0, 0.1) is 0 Å². The minimum atomic E-state index is -1.50. The highest BCUT2D eigenvalue weighted by molar-refractivity contribution is 7.70. The van der Waals surface area contributed by atoms with Crippen molar-refractivity contribution in [1.29, 1.82) is 0 Å². The smallest absolute Gasteiger partial charge is 0.141 e. The van der Waals surface area contributed by atoms with Crippen LogP contribution in [0.1, 0.15) is 20.8 Å². The first-order valence-electron chi connectivity index (χ1n) is 3.08. The van der Waals surface area contributed by atoms with Crippen LogP contribution in [0.3, 0.4) is 0 Å². The molecular formula is C6H16OP+. The van der Waals surface area contributed by atoms with Gasteiger partial charge in [0, 0.05) is 0 Å². The third-order valence-electron chi connectivity index (χ3n) is 1.75. The minimum absolute atomic E-state index is 0.479. The summed E-state index contributed by atoms with van der Waals surface area (Å²) in [5, 5.41) is 0. The van der Waals surface area contributed by atoms with Crippen LogP contribution in [0.5, 0.6) is 0 Å². The van der Waals surface area contributed by atoms with Gasteiger partial charge in [0.25, 0.3) is 0 Å². The first-order valence-corrected chi connectivity index (χ1v) is 5.53. The molecule has 0 aromatic carbocycles. The molecule has 0 saturated heterocycles. The molecule has 1 nitrogen and oxygen atoms in total. The van der Waals surface area contributed by atoms with Gasteiger partial charge in [0.05, 0.1) is 18.5 Å². The van der Waals surface area contributed by atoms with Gasteiger partial charge < -0.3 is 0 Å². The van der Waals surface area contributed by atoms with Crippen LogP contribution in [-0.2, 0) is 0 Å². The summed E-state index contributed by atoms with van der Waals surface area (Å²) >= 11 is 0. The maximum atomic E-state index is 9.51. The molecule has 0 amide bonds. The lowest BCUT2D eigenvalue weighted by Crippen LogP contribution is -2.05. The van der Waals surface area contributed by atoms with Crippen molar-refractivity contribution in [1.82, 2.24) is 0 Å². The number of rotatable bonds is 2. The van der Waals surface area contributed by atoms with E-state index in [4.69, 9.17) is 0 Å². The summed E-state index contributed by atoms with van der Waals surface area (Å²) in [6, 6.07) is 0. The fourth-order valence-electron chi connectivity index (χ4n) is 0.365. The highest BCUT2D eigenvalue weighted by Gasteiger charge is 2.30. The fourth-order valence-corrected chi connectivity index (χ4v) is 1.10. The Labute approximate surface area is 52.5 Å². The molecule has 0 heterocycles. The first kappa shape index (κ1) is 8.39. The van der Waals surface area contributed by atoms with Gasteiger partial charge in [-0.05, 0) is 20.8 Å². The molecule has 0 fully saturated rings. The van der Waals surface area contributed by atoms with Crippen LogP contribution in [-0.4, -0.2) is 23.4 Å². The Balaban J connectivity index is 3.71. The van der Waals surface area contributed by atoms with Crippen LogP contribution in [0.15, 0.2) is 0 Å². The van der Waals surface area contributed by atoms with E-state index in [1.165, 1.54) is 0 Å². The Kier molecular flexibility index (Phi) is 2.93. The molecule has 8 heavy (non-hydrogen) atoms. The van der Waals surface area contributed by atoms with Crippen LogP contribution in [0.25, 0.3) is 0 Å². The zero-order valence-electron chi connectivity index (χ0n) is 6.18. The van der Waals surface area contributed by atoms with Crippen LogP contribution >= 0.6 is 7.49 Å². The zero-order valence-corrected chi connectivity index (χ0v) is 7.07. The highest BCUT2D eigenvalue weighted by Crippen LogP contribution is 2.54. The Morgan fingerprint density at radius 3 is 1.88 bits per heavy atom. The van der Waals surface area contributed by atoms with Crippen molar-refractivity contribution < 1.29 is 4.89 Å². The maximum Gasteiger partial charge on any atom is 0.141 e. The van der Waals surface area contributed by atoms with Gasteiger partial charge in [-0.2, -0.15) is 0 Å². The molecule has 0 rings (SSSR count). The number of hydrogen-bond donors (Lipinski definition) is 1. The van der Waals surface area contributed by atoms with Crippen molar-refractivity contribution in [3.63, 3.8) is 0 Å². The summed E-state index contributed by atoms with van der Waals surface area (Å²) in [5.41, 5.74) is 0.479. The van der Waals surface area contributed by atoms with E-state index in [2.05, 4.69) is 13.8 Å². The van der Waals surface area contributed by atoms with Crippen molar-refractivity contribution in [2.45, 2.75) is 26.4 Å². The lowest BCUT2D eigenvalue weighted by Gasteiger charge is -2.16. The van der Waals surface area contributed by atoms with Gasteiger partial charge in [-0.25, -0.2) is 0 Å². The van der Waals surface area contributed by atoms with Gasteiger partial charge in [0.2, 0.25) is 0 Å². The van der Waals surface area contributed by atoms with Crippen LogP contribution in [0.4, 0.5) is 0 Å². The van der Waals surface area contributed by atoms with E-state index < -0.39 is 7.49 Å². The largest absolute Gasteiger partial charge is 0.252 e. The molecule has 0 bridgehead atoms. The van der Waals surface area contributed by atoms with Gasteiger partial charge in [0.15, 0.2) is 0 Å². The molecule has 0 aliphatic carbocycles. The van der Waals surface area contributed by atoms with Crippen LogP contribution in [0.2, 0.25) is 0 Å². The lowest BCUT2D eigenvalue weighted by molar-refractivity contribution is 0.594. The summed E-state index contributed by atoms with van der Waals surface area (Å²) < 4.78 is 0. The zero-order chi connectivity index (χ0) is 6.78. The van der Waals surface area contributed by atoms with Gasteiger partial charge >= 0.3 is 0 Å². The SMILES string of the molecule is CC[P+](C)(O)C(C)C. The summed E-state index contributed by atoms with van der Waals surface area (Å²) in [6.07, 6.45) is 0.949. The average molecular weight is 135 g/mol. The van der Waals surface area contributed by atoms with Crippen molar-refractivity contribution in [2.75, 3.05) is 12.8 Å². The molecule has 0 radical (unpaired) electrons. The van der Waals surface area contributed by atoms with Gasteiger partial charge in [-0.15, -0.1) is 0 Å². The van der Waals surface area contributed by atoms with Crippen molar-refractivity contribution >= 4 is 7.49 Å². The van der Waals surface area contributed by atoms with Crippen LogP contribution < -0.4 is 0 Å². The second-order valence-corrected chi connectivity index (χ2v) is 6.72. The molecule has 1 N–H and O–H groups in total. The molecule has 1 atom stereocenters. The maximum absolute atomic E-state index is 9.51. The summed E-state index contributed by atoms with van der Waals surface area (Å²) in [5.74, 6) is 0. The van der Waals surface area contributed by atoms with E-state index in [1.54, 1.807) is 0 Å². The fraction of sp³-hybridized carbons (Fsp3) is 1.00. The molecule has 1 unspecified atom stereocenters. The molecule has 50 valence electrons. The van der Waals surface area contributed by atoms with Crippen molar-refractivity contribution in [2.24, 2.45) is 0 Å². The van der Waals surface area contributed by atoms with E-state index in [0.717, 1.165) is 6.16 Å². The second kappa shape index (κ2) is 2.80. The topological polar surface area (TPSA) is 20.2 Å². The molecule has 0 aliphatic heterocycles. The minimum Gasteiger partial charge on any atom is -0.252 e. The van der Waals surface area contributed by atoms with Gasteiger partial charge in [0.1, 0.15) is 7.49 Å². The van der Waals surface area contributed by atoms with E-state index >= 15 is 0 Å². The molecule has 2 heteroatoms. The Morgan fingerprint density at radius 1 is 1.50 bits per heavy atom. The predicted octanol–water partition coefficient (Wildman–Crippen LogP) is 1.97. The summed E-state index contributed by atoms with van der Waals surface area (Å²) in [4.78, 5) is 9.51. The van der Waals surface area contributed by atoms with E-state index in [-0.39, 0.29) is 0 Å². The van der Waals surface area contributed by atoms with Crippen molar-refractivity contribution in [3.8, 4) is 0 Å². The molecular weight excluding hydrogens is 119 g/mol. The second-order valence-electron chi connectivity index (χ2n) is 2.62. The third-order valence-corrected chi connectivity index (χ3v) is 5.26. The molecule has 0 aliphatic rings. The monoisotopic (exact) mass is 135 g/mol. The van der Waals surface area contributed by atoms with Crippen molar-refractivity contribution in [3.05, 3.63) is 0 Å².